The maximum Gasteiger partial charge on any atom is 0.227 e. The molecule has 2 fully saturated rings. The molecule has 3 atom stereocenters. The molecule has 0 unspecified atom stereocenters. The van der Waals surface area contributed by atoms with Crippen LogP contribution in [0, 0.1) is 11.8 Å². The third-order valence-electron chi connectivity index (χ3n) is 6.09. The molecule has 3 heteroatoms. The fourth-order valence-electron chi connectivity index (χ4n) is 5.10. The summed E-state index contributed by atoms with van der Waals surface area (Å²) in [5.74, 6) is 1.07. The summed E-state index contributed by atoms with van der Waals surface area (Å²) in [7, 11) is 0. The van der Waals surface area contributed by atoms with Crippen molar-refractivity contribution >= 4 is 16.8 Å². The average molecular weight is 292 g/mol. The smallest absolute Gasteiger partial charge is 0.227 e. The Hall–Kier alpha value is -2.03. The van der Waals surface area contributed by atoms with Crippen molar-refractivity contribution in [2.45, 2.75) is 31.7 Å². The third-order valence-corrected chi connectivity index (χ3v) is 6.09. The average Bonchev–Trinajstić information content (AvgIpc) is 2.92. The second kappa shape index (κ2) is 4.03. The van der Waals surface area contributed by atoms with Gasteiger partial charge >= 0.3 is 0 Å². The van der Waals surface area contributed by atoms with E-state index in [1.54, 1.807) is 0 Å². The number of carbonyl (C=O) groups is 1. The summed E-state index contributed by atoms with van der Waals surface area (Å²) in [5, 5.41) is 1.33. The van der Waals surface area contributed by atoms with Crippen LogP contribution in [0.4, 0.5) is 0 Å². The SMILES string of the molecule is C/C=C/[C@@]12c3[nH]c4ccccc4c3CCN1C(=O)[C@@H]1CC[C@@H]12. The lowest BCUT2D eigenvalue weighted by molar-refractivity contribution is -0.134. The second-order valence-corrected chi connectivity index (χ2v) is 6.88. The van der Waals surface area contributed by atoms with Crippen molar-refractivity contribution in [1.29, 1.82) is 0 Å². The third kappa shape index (κ3) is 1.23. The number of hydrogen-bond donors (Lipinski definition) is 1. The van der Waals surface area contributed by atoms with Crippen LogP contribution >= 0.6 is 0 Å². The number of carbonyl (C=O) groups excluding carboxylic acids is 1. The van der Waals surface area contributed by atoms with Gasteiger partial charge in [0.1, 0.15) is 5.54 Å². The Kier molecular flexibility index (Phi) is 2.29. The number of H-pyrrole nitrogens is 1. The minimum atomic E-state index is -0.221. The van der Waals surface area contributed by atoms with Gasteiger partial charge in [-0.25, -0.2) is 0 Å². The van der Waals surface area contributed by atoms with E-state index in [1.165, 1.54) is 22.2 Å². The van der Waals surface area contributed by atoms with E-state index in [0.717, 1.165) is 25.8 Å². The van der Waals surface area contributed by atoms with Crippen molar-refractivity contribution < 1.29 is 4.79 Å². The molecule has 1 aliphatic carbocycles. The molecule has 1 saturated carbocycles. The van der Waals surface area contributed by atoms with Crippen molar-refractivity contribution in [2.24, 2.45) is 11.8 Å². The van der Waals surface area contributed by atoms with E-state index in [-0.39, 0.29) is 11.5 Å². The number of nitrogens with one attached hydrogen (secondary N) is 1. The first kappa shape index (κ1) is 12.5. The minimum absolute atomic E-state index is 0.221. The fraction of sp³-hybridized carbons (Fsp3) is 0.421. The second-order valence-electron chi connectivity index (χ2n) is 6.88. The number of nitrogens with zero attached hydrogens (tertiary/aromatic N) is 1. The molecule has 0 radical (unpaired) electrons. The Bertz CT molecular complexity index is 818. The van der Waals surface area contributed by atoms with E-state index in [2.05, 4.69) is 53.2 Å². The van der Waals surface area contributed by atoms with Crippen molar-refractivity contribution in [3.8, 4) is 0 Å². The summed E-state index contributed by atoms with van der Waals surface area (Å²) in [6.07, 6.45) is 7.59. The summed E-state index contributed by atoms with van der Waals surface area (Å²) in [4.78, 5) is 18.6. The number of fused-ring (bicyclic) bond motifs is 7. The summed E-state index contributed by atoms with van der Waals surface area (Å²) in [6, 6.07) is 8.54. The van der Waals surface area contributed by atoms with Crippen LogP contribution < -0.4 is 0 Å². The van der Waals surface area contributed by atoms with Crippen molar-refractivity contribution in [3.63, 3.8) is 0 Å². The molecular weight excluding hydrogens is 272 g/mol. The first-order valence-electron chi connectivity index (χ1n) is 8.33. The number of allylic oxidation sites excluding steroid dienone is 1. The highest BCUT2D eigenvalue weighted by atomic mass is 16.2. The van der Waals surface area contributed by atoms with Gasteiger partial charge in [0.2, 0.25) is 5.91 Å². The molecule has 2 aliphatic heterocycles. The maximum absolute atomic E-state index is 12.8. The molecule has 5 rings (SSSR count). The number of amides is 1. The van der Waals surface area contributed by atoms with Crippen LogP contribution in [0.3, 0.4) is 0 Å². The van der Waals surface area contributed by atoms with Crippen LogP contribution in [0.1, 0.15) is 31.0 Å². The zero-order chi connectivity index (χ0) is 14.9. The molecule has 1 N–H and O–H groups in total. The number of para-hydroxylation sites is 1. The van der Waals surface area contributed by atoms with Gasteiger partial charge in [0.25, 0.3) is 0 Å². The predicted octanol–water partition coefficient (Wildman–Crippen LogP) is 3.36. The van der Waals surface area contributed by atoms with Crippen LogP contribution in [0.5, 0.6) is 0 Å². The topological polar surface area (TPSA) is 36.1 Å². The number of rotatable bonds is 1. The Labute approximate surface area is 130 Å². The molecule has 112 valence electrons. The molecule has 1 amide bonds. The van der Waals surface area contributed by atoms with Crippen LogP contribution in [0.25, 0.3) is 10.9 Å². The van der Waals surface area contributed by atoms with Crippen LogP contribution in [-0.4, -0.2) is 22.3 Å². The van der Waals surface area contributed by atoms with E-state index < -0.39 is 0 Å². The van der Waals surface area contributed by atoms with E-state index in [4.69, 9.17) is 0 Å². The van der Waals surface area contributed by atoms with Gasteiger partial charge in [-0.1, -0.05) is 30.4 Å². The summed E-state index contributed by atoms with van der Waals surface area (Å²) < 4.78 is 0. The van der Waals surface area contributed by atoms with E-state index in [1.807, 2.05) is 0 Å². The van der Waals surface area contributed by atoms with Gasteiger partial charge in [-0.05, 0) is 37.8 Å². The van der Waals surface area contributed by atoms with Gasteiger partial charge in [0.05, 0.1) is 0 Å². The number of aromatic amines is 1. The van der Waals surface area contributed by atoms with Crippen LogP contribution in [0.2, 0.25) is 0 Å². The van der Waals surface area contributed by atoms with Gasteiger partial charge in [-0.3, -0.25) is 4.79 Å². The summed E-state index contributed by atoms with van der Waals surface area (Å²) in [6.45, 7) is 2.92. The molecule has 22 heavy (non-hydrogen) atoms. The molecule has 0 spiro atoms. The predicted molar refractivity (Wildman–Crippen MR) is 86.4 cm³/mol. The van der Waals surface area contributed by atoms with Gasteiger partial charge in [0, 0.05) is 35.0 Å². The van der Waals surface area contributed by atoms with Crippen LogP contribution in [-0.2, 0) is 16.8 Å². The standard InChI is InChI=1S/C19H20N2O/c1-2-10-19-15-8-7-14(15)18(22)21(19)11-9-13-12-5-3-4-6-16(12)20-17(13)19/h2-6,10,14-15,20H,7-9,11H2,1H3/b10-2+/t14-,15+,19-/m1/s1. The lowest BCUT2D eigenvalue weighted by atomic mass is 9.64. The van der Waals surface area contributed by atoms with E-state index in [9.17, 15) is 4.79 Å². The Morgan fingerprint density at radius 2 is 2.18 bits per heavy atom. The highest BCUT2D eigenvalue weighted by Crippen LogP contribution is 2.59. The Morgan fingerprint density at radius 1 is 1.32 bits per heavy atom. The molecular formula is C19H20N2O. The van der Waals surface area contributed by atoms with Crippen molar-refractivity contribution in [2.75, 3.05) is 6.54 Å². The maximum atomic E-state index is 12.8. The normalized spacial score (nSPS) is 33.0. The summed E-state index contributed by atoms with van der Waals surface area (Å²) in [5.41, 5.74) is 3.68. The van der Waals surface area contributed by atoms with Crippen LogP contribution in [0.15, 0.2) is 36.4 Å². The lowest BCUT2D eigenvalue weighted by Gasteiger charge is -2.45. The Balaban J connectivity index is 1.83. The number of benzene rings is 1. The highest BCUT2D eigenvalue weighted by molar-refractivity contribution is 5.90. The van der Waals surface area contributed by atoms with Crippen molar-refractivity contribution in [1.82, 2.24) is 9.88 Å². The molecule has 3 nitrogen and oxygen atoms in total. The molecule has 3 heterocycles. The summed E-state index contributed by atoms with van der Waals surface area (Å²) >= 11 is 0. The zero-order valence-electron chi connectivity index (χ0n) is 12.8. The van der Waals surface area contributed by atoms with E-state index >= 15 is 0 Å². The molecule has 1 saturated heterocycles. The Morgan fingerprint density at radius 3 is 2.95 bits per heavy atom. The molecule has 0 bridgehead atoms. The quantitative estimate of drug-likeness (QED) is 0.804. The first-order valence-corrected chi connectivity index (χ1v) is 8.33. The lowest BCUT2D eigenvalue weighted by Crippen LogP contribution is -2.50. The molecule has 1 aromatic heterocycles. The van der Waals surface area contributed by atoms with Gasteiger partial charge in [-0.15, -0.1) is 0 Å². The van der Waals surface area contributed by atoms with Crippen molar-refractivity contribution in [3.05, 3.63) is 47.7 Å². The molecule has 3 aliphatic rings. The van der Waals surface area contributed by atoms with E-state index in [0.29, 0.717) is 11.8 Å². The first-order chi connectivity index (χ1) is 10.8. The molecule has 2 aromatic rings. The highest BCUT2D eigenvalue weighted by Gasteiger charge is 2.63. The van der Waals surface area contributed by atoms with Gasteiger partial charge < -0.3 is 9.88 Å². The zero-order valence-corrected chi connectivity index (χ0v) is 12.8. The minimum Gasteiger partial charge on any atom is -0.356 e. The molecule has 1 aromatic carbocycles. The monoisotopic (exact) mass is 292 g/mol. The van der Waals surface area contributed by atoms with Gasteiger partial charge in [-0.2, -0.15) is 0 Å². The van der Waals surface area contributed by atoms with Gasteiger partial charge in [0.15, 0.2) is 0 Å². The number of aromatic nitrogens is 1. The largest absolute Gasteiger partial charge is 0.356 e. The fourth-order valence-corrected chi connectivity index (χ4v) is 5.10. The number of hydrogen-bond acceptors (Lipinski definition) is 1.